The van der Waals surface area contributed by atoms with E-state index < -0.39 is 23.3 Å². The van der Waals surface area contributed by atoms with Gasteiger partial charge in [-0.3, -0.25) is 9.59 Å². The van der Waals surface area contributed by atoms with Gasteiger partial charge in [0.1, 0.15) is 5.75 Å². The topological polar surface area (TPSA) is 114 Å². The van der Waals surface area contributed by atoms with Gasteiger partial charge in [-0.05, 0) is 19.1 Å². The fourth-order valence-electron chi connectivity index (χ4n) is 2.39. The van der Waals surface area contributed by atoms with Crippen molar-refractivity contribution in [1.82, 2.24) is 10.6 Å². The maximum atomic E-state index is 12.2. The summed E-state index contributed by atoms with van der Waals surface area (Å²) in [4.78, 5) is 35.5. The SMILES string of the molecule is CCOc1ccccc1C(=O)NCC(=O)NC1(C(=O)O)CCOC1. The van der Waals surface area contributed by atoms with Crippen LogP contribution >= 0.6 is 0 Å². The molecular formula is C16H20N2O6. The minimum atomic E-state index is -1.43. The van der Waals surface area contributed by atoms with Gasteiger partial charge in [0.15, 0.2) is 5.54 Å². The average molecular weight is 336 g/mol. The molecule has 8 nitrogen and oxygen atoms in total. The Hall–Kier alpha value is -2.61. The molecule has 1 saturated heterocycles. The summed E-state index contributed by atoms with van der Waals surface area (Å²) in [5.74, 6) is -1.79. The first kappa shape index (κ1) is 17.7. The van der Waals surface area contributed by atoms with E-state index in [-0.39, 0.29) is 26.2 Å². The molecule has 3 N–H and O–H groups in total. The van der Waals surface area contributed by atoms with Crippen LogP contribution in [0.4, 0.5) is 0 Å². The summed E-state index contributed by atoms with van der Waals surface area (Å²) in [6, 6.07) is 6.67. The van der Waals surface area contributed by atoms with Crippen LogP contribution in [0, 0.1) is 0 Å². The molecule has 1 unspecified atom stereocenters. The number of para-hydroxylation sites is 1. The van der Waals surface area contributed by atoms with Crippen molar-refractivity contribution < 1.29 is 29.0 Å². The lowest BCUT2D eigenvalue weighted by Crippen LogP contribution is -2.57. The summed E-state index contributed by atoms with van der Waals surface area (Å²) in [5.41, 5.74) is -1.12. The Morgan fingerprint density at radius 2 is 2.08 bits per heavy atom. The van der Waals surface area contributed by atoms with Gasteiger partial charge in [-0.15, -0.1) is 0 Å². The molecule has 1 aliphatic heterocycles. The van der Waals surface area contributed by atoms with Crippen molar-refractivity contribution in [2.45, 2.75) is 18.9 Å². The second-order valence-electron chi connectivity index (χ2n) is 5.35. The molecule has 1 fully saturated rings. The molecule has 1 aromatic rings. The molecule has 1 heterocycles. The van der Waals surface area contributed by atoms with Crippen molar-refractivity contribution in [3.8, 4) is 5.75 Å². The van der Waals surface area contributed by atoms with Gasteiger partial charge in [-0.1, -0.05) is 12.1 Å². The lowest BCUT2D eigenvalue weighted by atomic mass is 9.99. The molecule has 0 saturated carbocycles. The van der Waals surface area contributed by atoms with Gasteiger partial charge < -0.3 is 25.2 Å². The van der Waals surface area contributed by atoms with Crippen molar-refractivity contribution >= 4 is 17.8 Å². The predicted octanol–water partition coefficient (Wildman–Crippen LogP) is 0.175. The molecule has 0 spiro atoms. The van der Waals surface area contributed by atoms with Crippen LogP contribution in [0.3, 0.4) is 0 Å². The molecule has 0 bridgehead atoms. The van der Waals surface area contributed by atoms with E-state index in [0.717, 1.165) is 0 Å². The normalized spacial score (nSPS) is 19.5. The monoisotopic (exact) mass is 336 g/mol. The molecule has 2 rings (SSSR count). The van der Waals surface area contributed by atoms with Crippen LogP contribution in [0.15, 0.2) is 24.3 Å². The molecule has 0 radical (unpaired) electrons. The fourth-order valence-corrected chi connectivity index (χ4v) is 2.39. The third-order valence-electron chi connectivity index (χ3n) is 3.65. The number of benzene rings is 1. The number of hydrogen-bond acceptors (Lipinski definition) is 5. The summed E-state index contributed by atoms with van der Waals surface area (Å²) < 4.78 is 10.4. The zero-order chi connectivity index (χ0) is 17.6. The number of hydrogen-bond donors (Lipinski definition) is 3. The maximum Gasteiger partial charge on any atom is 0.331 e. The third-order valence-corrected chi connectivity index (χ3v) is 3.65. The van der Waals surface area contributed by atoms with E-state index in [1.54, 1.807) is 31.2 Å². The molecule has 24 heavy (non-hydrogen) atoms. The number of nitrogens with one attached hydrogen (secondary N) is 2. The summed E-state index contributed by atoms with van der Waals surface area (Å²) >= 11 is 0. The van der Waals surface area contributed by atoms with Crippen LogP contribution in [0.5, 0.6) is 5.75 Å². The van der Waals surface area contributed by atoms with Gasteiger partial charge >= 0.3 is 5.97 Å². The molecule has 2 amide bonds. The lowest BCUT2D eigenvalue weighted by Gasteiger charge is -2.23. The predicted molar refractivity (Wildman–Crippen MR) is 83.9 cm³/mol. The van der Waals surface area contributed by atoms with Gasteiger partial charge in [0.25, 0.3) is 5.91 Å². The maximum absolute atomic E-state index is 12.2. The molecule has 130 valence electrons. The van der Waals surface area contributed by atoms with Crippen LogP contribution in [0.25, 0.3) is 0 Å². The Balaban J connectivity index is 1.94. The summed E-state index contributed by atoms with van der Waals surface area (Å²) in [6.45, 7) is 2.05. The second kappa shape index (κ2) is 7.78. The average Bonchev–Trinajstić information content (AvgIpc) is 3.03. The van der Waals surface area contributed by atoms with Gasteiger partial charge in [0.05, 0.1) is 25.3 Å². The van der Waals surface area contributed by atoms with Crippen LogP contribution in [0.1, 0.15) is 23.7 Å². The van der Waals surface area contributed by atoms with Crippen LogP contribution in [0.2, 0.25) is 0 Å². The van der Waals surface area contributed by atoms with Gasteiger partial charge in [0.2, 0.25) is 5.91 Å². The van der Waals surface area contributed by atoms with E-state index in [2.05, 4.69) is 10.6 Å². The highest BCUT2D eigenvalue weighted by Crippen LogP contribution is 2.19. The van der Waals surface area contributed by atoms with Crippen molar-refractivity contribution in [1.29, 1.82) is 0 Å². The highest BCUT2D eigenvalue weighted by Gasteiger charge is 2.43. The number of carbonyl (C=O) groups is 3. The first-order chi connectivity index (χ1) is 11.5. The van der Waals surface area contributed by atoms with Gasteiger partial charge in [0, 0.05) is 13.0 Å². The summed E-state index contributed by atoms with van der Waals surface area (Å²) in [7, 11) is 0. The van der Waals surface area contributed by atoms with Crippen molar-refractivity contribution in [3.05, 3.63) is 29.8 Å². The summed E-state index contributed by atoms with van der Waals surface area (Å²) in [5, 5.41) is 14.2. The summed E-state index contributed by atoms with van der Waals surface area (Å²) in [6.07, 6.45) is 0.190. The van der Waals surface area contributed by atoms with Crippen molar-refractivity contribution in [2.24, 2.45) is 0 Å². The zero-order valence-corrected chi connectivity index (χ0v) is 13.3. The number of aliphatic carboxylic acids is 1. The molecule has 1 aliphatic rings. The molecule has 0 aromatic heterocycles. The Morgan fingerprint density at radius 1 is 1.33 bits per heavy atom. The van der Waals surface area contributed by atoms with Gasteiger partial charge in [-0.2, -0.15) is 0 Å². The minimum Gasteiger partial charge on any atom is -0.493 e. The van der Waals surface area contributed by atoms with Crippen LogP contribution < -0.4 is 15.4 Å². The number of rotatable bonds is 7. The quantitative estimate of drug-likeness (QED) is 0.654. The second-order valence-corrected chi connectivity index (χ2v) is 5.35. The molecule has 1 atom stereocenters. The van der Waals surface area contributed by atoms with Gasteiger partial charge in [-0.25, -0.2) is 4.79 Å². The molecule has 1 aromatic carbocycles. The molecule has 8 heteroatoms. The zero-order valence-electron chi connectivity index (χ0n) is 13.3. The van der Waals surface area contributed by atoms with E-state index in [4.69, 9.17) is 9.47 Å². The Bertz CT molecular complexity index is 625. The Morgan fingerprint density at radius 3 is 2.71 bits per heavy atom. The number of carbonyl (C=O) groups excluding carboxylic acids is 2. The van der Waals surface area contributed by atoms with Crippen LogP contribution in [-0.4, -0.2) is 54.8 Å². The van der Waals surface area contributed by atoms with Crippen molar-refractivity contribution in [2.75, 3.05) is 26.4 Å². The minimum absolute atomic E-state index is 0.0881. The largest absolute Gasteiger partial charge is 0.493 e. The fraction of sp³-hybridized carbons (Fsp3) is 0.438. The first-order valence-electron chi connectivity index (χ1n) is 7.60. The number of ether oxygens (including phenoxy) is 2. The van der Waals surface area contributed by atoms with E-state index in [1.807, 2.05) is 0 Å². The highest BCUT2D eigenvalue weighted by atomic mass is 16.5. The van der Waals surface area contributed by atoms with Crippen LogP contribution in [-0.2, 0) is 14.3 Å². The van der Waals surface area contributed by atoms with E-state index in [9.17, 15) is 19.5 Å². The smallest absolute Gasteiger partial charge is 0.331 e. The number of amides is 2. The third kappa shape index (κ3) is 4.02. The Labute approximate surface area is 139 Å². The highest BCUT2D eigenvalue weighted by molar-refractivity contribution is 5.99. The van der Waals surface area contributed by atoms with E-state index in [0.29, 0.717) is 17.9 Å². The first-order valence-corrected chi connectivity index (χ1v) is 7.60. The van der Waals surface area contributed by atoms with Crippen molar-refractivity contribution in [3.63, 3.8) is 0 Å². The number of carboxylic acids is 1. The Kier molecular flexibility index (Phi) is 5.75. The van der Waals surface area contributed by atoms with E-state index in [1.165, 1.54) is 0 Å². The standard InChI is InChI=1S/C16H20N2O6/c1-2-24-12-6-4-3-5-11(12)14(20)17-9-13(19)18-16(15(21)22)7-8-23-10-16/h3-6H,2,7-10H2,1H3,(H,17,20)(H,18,19)(H,21,22). The van der Waals surface area contributed by atoms with E-state index >= 15 is 0 Å². The number of carboxylic acid groups (broad SMARTS) is 1. The lowest BCUT2D eigenvalue weighted by molar-refractivity contribution is -0.147. The molecule has 0 aliphatic carbocycles. The molecular weight excluding hydrogens is 316 g/mol.